The molecule has 0 amide bonds. The molecule has 10 heteroatoms. The van der Waals surface area contributed by atoms with Crippen LogP contribution >= 0.6 is 11.6 Å². The molecule has 0 aromatic carbocycles. The van der Waals surface area contributed by atoms with Gasteiger partial charge in [-0.25, -0.2) is 0 Å². The van der Waals surface area contributed by atoms with Crippen LogP contribution in [0.4, 0.5) is 11.6 Å². The molecule has 3 aromatic rings. The van der Waals surface area contributed by atoms with Crippen LogP contribution < -0.4 is 15.4 Å². The number of halogens is 1. The first kappa shape index (κ1) is 16.1. The second-order valence-electron chi connectivity index (χ2n) is 5.83. The minimum atomic E-state index is 0.127. The monoisotopic (exact) mass is 363 g/mol. The molecule has 0 saturated carbocycles. The molecule has 4 heterocycles. The van der Waals surface area contributed by atoms with Gasteiger partial charge in [0.05, 0.1) is 35.0 Å². The highest BCUT2D eigenvalue weighted by atomic mass is 35.5. The molecule has 1 saturated heterocycles. The van der Waals surface area contributed by atoms with E-state index in [0.29, 0.717) is 34.5 Å². The van der Waals surface area contributed by atoms with Crippen LogP contribution in [-0.4, -0.2) is 58.1 Å². The lowest BCUT2D eigenvalue weighted by Gasteiger charge is -2.17. The van der Waals surface area contributed by atoms with E-state index in [9.17, 15) is 0 Å². The van der Waals surface area contributed by atoms with Gasteiger partial charge in [0.1, 0.15) is 5.65 Å². The number of nitrogens with zero attached hydrogens (tertiary/aromatic N) is 3. The highest BCUT2D eigenvalue weighted by Crippen LogP contribution is 2.31. The quantitative estimate of drug-likeness (QED) is 0.527. The average molecular weight is 364 g/mol. The Morgan fingerprint density at radius 1 is 1.32 bits per heavy atom. The van der Waals surface area contributed by atoms with Gasteiger partial charge in [-0.2, -0.15) is 15.1 Å². The van der Waals surface area contributed by atoms with Crippen LogP contribution in [0, 0.1) is 5.92 Å². The Bertz CT molecular complexity index is 851. The minimum absolute atomic E-state index is 0.127. The van der Waals surface area contributed by atoms with Crippen molar-refractivity contribution >= 4 is 34.3 Å². The Kier molecular flexibility index (Phi) is 4.43. The third-order valence-electron chi connectivity index (χ3n) is 4.22. The largest absolute Gasteiger partial charge is 0.477 e. The standard InChI is InChI=1S/C15H18ClN7O2/c1-24-11-6-17-2-8(11)7-25-14-12-10(16)5-18-13(12)22-15(23-14)21-9-3-19-20-4-9/h3-5,8,11,17H,2,6-7H2,1H3,(H,19,20)(H2,18,21,22,23)/t8-,11+/m1/s1. The van der Waals surface area contributed by atoms with Crippen LogP contribution in [0.3, 0.4) is 0 Å². The Morgan fingerprint density at radius 3 is 3.04 bits per heavy atom. The van der Waals surface area contributed by atoms with E-state index in [1.807, 2.05) is 0 Å². The lowest BCUT2D eigenvalue weighted by Crippen LogP contribution is -2.26. The first-order chi connectivity index (χ1) is 12.2. The maximum Gasteiger partial charge on any atom is 0.232 e. The number of hydrogen-bond donors (Lipinski definition) is 4. The minimum Gasteiger partial charge on any atom is -0.477 e. The number of methoxy groups -OCH3 is 1. The fourth-order valence-electron chi connectivity index (χ4n) is 2.91. The zero-order valence-electron chi connectivity index (χ0n) is 13.5. The van der Waals surface area contributed by atoms with E-state index in [1.54, 1.807) is 25.7 Å². The Balaban J connectivity index is 1.60. The normalized spacial score (nSPS) is 20.2. The van der Waals surface area contributed by atoms with Crippen molar-refractivity contribution in [3.63, 3.8) is 0 Å². The molecule has 1 aliphatic heterocycles. The zero-order chi connectivity index (χ0) is 17.2. The summed E-state index contributed by atoms with van der Waals surface area (Å²) in [4.78, 5) is 11.9. The fraction of sp³-hybridized carbons (Fsp3) is 0.400. The molecule has 25 heavy (non-hydrogen) atoms. The molecule has 4 rings (SSSR count). The molecule has 2 atom stereocenters. The van der Waals surface area contributed by atoms with E-state index in [-0.39, 0.29) is 12.0 Å². The van der Waals surface area contributed by atoms with E-state index < -0.39 is 0 Å². The fourth-order valence-corrected chi connectivity index (χ4v) is 3.13. The van der Waals surface area contributed by atoms with Crippen LogP contribution in [0.5, 0.6) is 5.88 Å². The predicted octanol–water partition coefficient (Wildman–Crippen LogP) is 1.69. The summed E-state index contributed by atoms with van der Waals surface area (Å²) in [6.07, 6.45) is 5.15. The number of fused-ring (bicyclic) bond motifs is 1. The number of H-pyrrole nitrogens is 2. The van der Waals surface area contributed by atoms with Gasteiger partial charge in [0.15, 0.2) is 0 Å². The van der Waals surface area contributed by atoms with Gasteiger partial charge in [-0.05, 0) is 0 Å². The average Bonchev–Trinajstić information content (AvgIpc) is 3.34. The second-order valence-corrected chi connectivity index (χ2v) is 6.24. The van der Waals surface area contributed by atoms with Gasteiger partial charge in [0.2, 0.25) is 11.8 Å². The molecular weight excluding hydrogens is 346 g/mol. The van der Waals surface area contributed by atoms with Gasteiger partial charge >= 0.3 is 0 Å². The van der Waals surface area contributed by atoms with Crippen LogP contribution in [0.25, 0.3) is 11.0 Å². The van der Waals surface area contributed by atoms with Crippen molar-refractivity contribution in [2.45, 2.75) is 6.10 Å². The lowest BCUT2D eigenvalue weighted by atomic mass is 10.1. The Hall–Kier alpha value is -2.36. The number of anilines is 2. The summed E-state index contributed by atoms with van der Waals surface area (Å²) in [6.45, 7) is 2.14. The van der Waals surface area contributed by atoms with Crippen molar-refractivity contribution in [1.82, 2.24) is 30.5 Å². The molecule has 9 nitrogen and oxygen atoms in total. The van der Waals surface area contributed by atoms with Crippen molar-refractivity contribution < 1.29 is 9.47 Å². The van der Waals surface area contributed by atoms with Gasteiger partial charge in [0, 0.05) is 38.5 Å². The molecule has 0 spiro atoms. The number of nitrogens with one attached hydrogen (secondary N) is 4. The molecule has 1 fully saturated rings. The summed E-state index contributed by atoms with van der Waals surface area (Å²) in [5, 5.41) is 14.2. The molecule has 0 radical (unpaired) electrons. The van der Waals surface area contributed by atoms with E-state index in [0.717, 1.165) is 18.8 Å². The van der Waals surface area contributed by atoms with E-state index in [4.69, 9.17) is 21.1 Å². The van der Waals surface area contributed by atoms with Gasteiger partial charge in [-0.1, -0.05) is 11.6 Å². The molecule has 0 aliphatic carbocycles. The van der Waals surface area contributed by atoms with Crippen LogP contribution in [0.2, 0.25) is 5.02 Å². The van der Waals surface area contributed by atoms with Crippen molar-refractivity contribution in [3.05, 3.63) is 23.6 Å². The number of rotatable bonds is 6. The maximum absolute atomic E-state index is 6.26. The molecular formula is C15H18ClN7O2. The summed E-state index contributed by atoms with van der Waals surface area (Å²) in [7, 11) is 1.71. The molecule has 0 bridgehead atoms. The van der Waals surface area contributed by atoms with E-state index >= 15 is 0 Å². The third-order valence-corrected chi connectivity index (χ3v) is 4.52. The summed E-state index contributed by atoms with van der Waals surface area (Å²) >= 11 is 6.26. The number of ether oxygens (including phenoxy) is 2. The van der Waals surface area contributed by atoms with E-state index in [1.165, 1.54) is 0 Å². The molecule has 1 aliphatic rings. The summed E-state index contributed by atoms with van der Waals surface area (Å²) in [6, 6.07) is 0. The Labute approximate surface area is 148 Å². The second kappa shape index (κ2) is 6.87. The summed E-state index contributed by atoms with van der Waals surface area (Å²) in [5.41, 5.74) is 1.36. The zero-order valence-corrected chi connectivity index (χ0v) is 14.3. The van der Waals surface area contributed by atoms with Gasteiger partial charge < -0.3 is 25.1 Å². The predicted molar refractivity (Wildman–Crippen MR) is 93.4 cm³/mol. The first-order valence-corrected chi connectivity index (χ1v) is 8.29. The summed E-state index contributed by atoms with van der Waals surface area (Å²) in [5.74, 6) is 1.08. The third kappa shape index (κ3) is 3.26. The maximum atomic E-state index is 6.26. The summed E-state index contributed by atoms with van der Waals surface area (Å²) < 4.78 is 11.5. The van der Waals surface area contributed by atoms with Crippen LogP contribution in [0.1, 0.15) is 0 Å². The highest BCUT2D eigenvalue weighted by molar-refractivity contribution is 6.35. The van der Waals surface area contributed by atoms with Crippen molar-refractivity contribution in [3.8, 4) is 5.88 Å². The smallest absolute Gasteiger partial charge is 0.232 e. The van der Waals surface area contributed by atoms with Gasteiger partial charge in [0.25, 0.3) is 0 Å². The van der Waals surface area contributed by atoms with Crippen molar-refractivity contribution in [2.24, 2.45) is 5.92 Å². The molecule has 4 N–H and O–H groups in total. The Morgan fingerprint density at radius 2 is 2.24 bits per heavy atom. The van der Waals surface area contributed by atoms with Gasteiger partial charge in [-0.3, -0.25) is 5.10 Å². The number of aromatic nitrogens is 5. The van der Waals surface area contributed by atoms with Gasteiger partial charge in [-0.15, -0.1) is 0 Å². The number of hydrogen-bond acceptors (Lipinski definition) is 7. The molecule has 132 valence electrons. The topological polar surface area (TPSA) is 113 Å². The lowest BCUT2D eigenvalue weighted by molar-refractivity contribution is 0.0621. The van der Waals surface area contributed by atoms with E-state index in [2.05, 4.69) is 35.8 Å². The first-order valence-electron chi connectivity index (χ1n) is 7.91. The highest BCUT2D eigenvalue weighted by Gasteiger charge is 2.28. The molecule has 0 unspecified atom stereocenters. The van der Waals surface area contributed by atoms with Crippen molar-refractivity contribution in [1.29, 1.82) is 0 Å². The van der Waals surface area contributed by atoms with Crippen LogP contribution in [0.15, 0.2) is 18.6 Å². The number of aromatic amines is 2. The van der Waals surface area contributed by atoms with Crippen molar-refractivity contribution in [2.75, 3.05) is 32.1 Å². The van der Waals surface area contributed by atoms with Crippen LogP contribution in [-0.2, 0) is 4.74 Å². The molecule has 3 aromatic heterocycles. The SMILES string of the molecule is CO[C@H]1CNC[C@@H]1COc1nc(Nc2cn[nH]c2)nc2[nH]cc(Cl)c12.